The van der Waals surface area contributed by atoms with Crippen molar-refractivity contribution in [3.63, 3.8) is 0 Å². The molecular weight excluding hydrogens is 334 g/mol. The average Bonchev–Trinajstić information content (AvgIpc) is 2.46. The molecule has 0 atom stereocenters. The van der Waals surface area contributed by atoms with Crippen molar-refractivity contribution in [2.75, 3.05) is 19.8 Å². The molecule has 0 saturated carbocycles. The number of benzene rings is 1. The van der Waals surface area contributed by atoms with E-state index in [1.54, 1.807) is 0 Å². The van der Waals surface area contributed by atoms with Crippen LogP contribution in [0.2, 0.25) is 0 Å². The summed E-state index contributed by atoms with van der Waals surface area (Å²) in [7, 11) is 0. The lowest BCUT2D eigenvalue weighted by Crippen LogP contribution is -2.05. The maximum atomic E-state index is 11.2. The fourth-order valence-electron chi connectivity index (χ4n) is 1.96. The molecule has 21 heavy (non-hydrogen) atoms. The van der Waals surface area contributed by atoms with Crippen LogP contribution in [0.25, 0.3) is 0 Å². The highest BCUT2D eigenvalue weighted by atomic mass is 79.9. The Balaban J connectivity index is 2.21. The minimum absolute atomic E-state index is 0.113. The second kappa shape index (κ2) is 10.6. The van der Waals surface area contributed by atoms with E-state index >= 15 is 0 Å². The number of unbranched alkanes of at least 4 members (excludes halogenated alkanes) is 2. The first kappa shape index (κ1) is 18.0. The van der Waals surface area contributed by atoms with Gasteiger partial charge >= 0.3 is 5.97 Å². The molecule has 118 valence electrons. The molecule has 0 aliphatic heterocycles. The molecule has 4 nitrogen and oxygen atoms in total. The Morgan fingerprint density at radius 3 is 2.81 bits per heavy atom. The van der Waals surface area contributed by atoms with Crippen LogP contribution in [0, 0.1) is 0 Å². The standard InChI is InChI=1S/C16H24BrNO3/c1-2-20-16(19)6-4-3-5-11-21-14-7-8-15(17)13(12-14)9-10-18/h7-8,12H,2-6,9-11,18H2,1H3. The Morgan fingerprint density at radius 2 is 2.10 bits per heavy atom. The summed E-state index contributed by atoms with van der Waals surface area (Å²) < 4.78 is 11.7. The summed E-state index contributed by atoms with van der Waals surface area (Å²) in [6.45, 7) is 3.56. The first-order valence-electron chi connectivity index (χ1n) is 7.44. The lowest BCUT2D eigenvalue weighted by atomic mass is 10.1. The second-order valence-electron chi connectivity index (χ2n) is 4.76. The second-order valence-corrected chi connectivity index (χ2v) is 5.61. The van der Waals surface area contributed by atoms with Crippen molar-refractivity contribution in [3.8, 4) is 5.75 Å². The van der Waals surface area contributed by atoms with Gasteiger partial charge in [-0.3, -0.25) is 4.79 Å². The number of esters is 1. The summed E-state index contributed by atoms with van der Waals surface area (Å²) >= 11 is 3.51. The fourth-order valence-corrected chi connectivity index (χ4v) is 2.40. The maximum Gasteiger partial charge on any atom is 0.305 e. The highest BCUT2D eigenvalue weighted by molar-refractivity contribution is 9.10. The molecule has 0 spiro atoms. The number of ether oxygens (including phenoxy) is 2. The summed E-state index contributed by atoms with van der Waals surface area (Å²) in [6.07, 6.45) is 4.07. The first-order valence-corrected chi connectivity index (χ1v) is 8.23. The number of rotatable bonds is 10. The van der Waals surface area contributed by atoms with Crippen molar-refractivity contribution in [1.82, 2.24) is 0 Å². The Bertz CT molecular complexity index is 438. The molecule has 1 rings (SSSR count). The van der Waals surface area contributed by atoms with Crippen LogP contribution in [-0.2, 0) is 16.0 Å². The lowest BCUT2D eigenvalue weighted by molar-refractivity contribution is -0.143. The van der Waals surface area contributed by atoms with Gasteiger partial charge in [0.25, 0.3) is 0 Å². The third-order valence-corrected chi connectivity index (χ3v) is 3.80. The van der Waals surface area contributed by atoms with E-state index in [4.69, 9.17) is 15.2 Å². The van der Waals surface area contributed by atoms with E-state index in [2.05, 4.69) is 15.9 Å². The molecule has 0 bridgehead atoms. The van der Waals surface area contributed by atoms with Crippen molar-refractivity contribution >= 4 is 21.9 Å². The SMILES string of the molecule is CCOC(=O)CCCCCOc1ccc(Br)c(CCN)c1. The molecule has 0 heterocycles. The van der Waals surface area contributed by atoms with E-state index in [0.717, 1.165) is 41.5 Å². The number of carbonyl (C=O) groups excluding carboxylic acids is 1. The van der Waals surface area contributed by atoms with E-state index in [9.17, 15) is 4.79 Å². The Morgan fingerprint density at radius 1 is 1.29 bits per heavy atom. The molecule has 1 aromatic rings. The van der Waals surface area contributed by atoms with Crippen LogP contribution in [0.5, 0.6) is 5.75 Å². The molecule has 1 aromatic carbocycles. The van der Waals surface area contributed by atoms with Gasteiger partial charge in [-0.25, -0.2) is 0 Å². The molecule has 0 aromatic heterocycles. The van der Waals surface area contributed by atoms with Crippen molar-refractivity contribution in [2.24, 2.45) is 5.73 Å². The zero-order valence-corrected chi connectivity index (χ0v) is 14.2. The molecule has 0 aliphatic carbocycles. The largest absolute Gasteiger partial charge is 0.494 e. The molecule has 0 fully saturated rings. The number of hydrogen-bond acceptors (Lipinski definition) is 4. The van der Waals surface area contributed by atoms with Crippen LogP contribution in [0.1, 0.15) is 38.2 Å². The quantitative estimate of drug-likeness (QED) is 0.514. The molecule has 0 aliphatic rings. The average molecular weight is 358 g/mol. The summed E-state index contributed by atoms with van der Waals surface area (Å²) in [5.41, 5.74) is 6.75. The molecule has 0 radical (unpaired) electrons. The van der Waals surface area contributed by atoms with Gasteiger partial charge in [0.15, 0.2) is 0 Å². The van der Waals surface area contributed by atoms with E-state index in [1.165, 1.54) is 0 Å². The smallest absolute Gasteiger partial charge is 0.305 e. The molecule has 0 unspecified atom stereocenters. The number of nitrogens with two attached hydrogens (primary N) is 1. The van der Waals surface area contributed by atoms with Crippen molar-refractivity contribution in [3.05, 3.63) is 28.2 Å². The fraction of sp³-hybridized carbons (Fsp3) is 0.562. The van der Waals surface area contributed by atoms with Crippen molar-refractivity contribution < 1.29 is 14.3 Å². The molecule has 0 saturated heterocycles. The van der Waals surface area contributed by atoms with Gasteiger partial charge in [-0.2, -0.15) is 0 Å². The van der Waals surface area contributed by atoms with E-state index < -0.39 is 0 Å². The topological polar surface area (TPSA) is 61.5 Å². The Labute approximate surface area is 135 Å². The zero-order chi connectivity index (χ0) is 15.5. The van der Waals surface area contributed by atoms with Crippen LogP contribution >= 0.6 is 15.9 Å². The predicted octanol–water partition coefficient (Wildman–Crippen LogP) is 3.45. The normalized spacial score (nSPS) is 10.4. The van der Waals surface area contributed by atoms with Crippen LogP contribution in [0.4, 0.5) is 0 Å². The van der Waals surface area contributed by atoms with Gasteiger partial charge in [-0.15, -0.1) is 0 Å². The highest BCUT2D eigenvalue weighted by Gasteiger charge is 2.03. The zero-order valence-electron chi connectivity index (χ0n) is 12.6. The van der Waals surface area contributed by atoms with Crippen molar-refractivity contribution in [2.45, 2.75) is 39.0 Å². The van der Waals surface area contributed by atoms with Crippen LogP contribution in [0.3, 0.4) is 0 Å². The summed E-state index contributed by atoms with van der Waals surface area (Å²) in [5, 5.41) is 0. The van der Waals surface area contributed by atoms with E-state index in [-0.39, 0.29) is 5.97 Å². The van der Waals surface area contributed by atoms with Crippen LogP contribution < -0.4 is 10.5 Å². The van der Waals surface area contributed by atoms with Gasteiger partial charge in [0.1, 0.15) is 5.75 Å². The van der Waals surface area contributed by atoms with Gasteiger partial charge in [0.2, 0.25) is 0 Å². The molecule has 5 heteroatoms. The minimum atomic E-state index is -0.113. The molecule has 0 amide bonds. The summed E-state index contributed by atoms with van der Waals surface area (Å²) in [6, 6.07) is 5.96. The predicted molar refractivity (Wildman–Crippen MR) is 87.5 cm³/mol. The third kappa shape index (κ3) is 7.48. The molecule has 2 N–H and O–H groups in total. The minimum Gasteiger partial charge on any atom is -0.494 e. The van der Waals surface area contributed by atoms with Crippen molar-refractivity contribution in [1.29, 1.82) is 0 Å². The Kier molecular flexibility index (Phi) is 9.10. The third-order valence-electron chi connectivity index (χ3n) is 3.03. The maximum absolute atomic E-state index is 11.2. The summed E-state index contributed by atoms with van der Waals surface area (Å²) in [5.74, 6) is 0.754. The monoisotopic (exact) mass is 357 g/mol. The first-order chi connectivity index (χ1) is 10.2. The number of halogens is 1. The highest BCUT2D eigenvalue weighted by Crippen LogP contribution is 2.23. The van der Waals surface area contributed by atoms with E-state index in [1.807, 2.05) is 25.1 Å². The van der Waals surface area contributed by atoms with Gasteiger partial charge < -0.3 is 15.2 Å². The summed E-state index contributed by atoms with van der Waals surface area (Å²) in [4.78, 5) is 11.2. The van der Waals surface area contributed by atoms with Gasteiger partial charge in [0.05, 0.1) is 13.2 Å². The lowest BCUT2D eigenvalue weighted by Gasteiger charge is -2.09. The number of carbonyl (C=O) groups is 1. The van der Waals surface area contributed by atoms with Gasteiger partial charge in [0, 0.05) is 10.9 Å². The van der Waals surface area contributed by atoms with E-state index in [0.29, 0.717) is 26.2 Å². The van der Waals surface area contributed by atoms with Crippen LogP contribution in [-0.4, -0.2) is 25.7 Å². The van der Waals surface area contributed by atoms with Crippen LogP contribution in [0.15, 0.2) is 22.7 Å². The van der Waals surface area contributed by atoms with Gasteiger partial charge in [-0.05, 0) is 62.9 Å². The molecular formula is C16H24BrNO3. The van der Waals surface area contributed by atoms with Gasteiger partial charge in [-0.1, -0.05) is 15.9 Å². The Hall–Kier alpha value is -1.07. The number of hydrogen-bond donors (Lipinski definition) is 1.